The summed E-state index contributed by atoms with van der Waals surface area (Å²) in [5.74, 6) is -0.869. The van der Waals surface area contributed by atoms with Crippen LogP contribution in [0.15, 0.2) is 49.1 Å². The van der Waals surface area contributed by atoms with Crippen molar-refractivity contribution in [1.29, 1.82) is 0 Å². The largest absolute Gasteiger partial charge is 0.434 e. The molecule has 2 fully saturated rings. The molecule has 0 aliphatic carbocycles. The van der Waals surface area contributed by atoms with E-state index in [1.165, 1.54) is 46.0 Å². The van der Waals surface area contributed by atoms with Gasteiger partial charge in [0.2, 0.25) is 5.91 Å². The van der Waals surface area contributed by atoms with E-state index in [0.717, 1.165) is 19.5 Å². The number of alkyl halides is 2. The molecule has 39 heavy (non-hydrogen) atoms. The van der Waals surface area contributed by atoms with Gasteiger partial charge < -0.3 is 20.3 Å². The smallest absolute Gasteiger partial charge is 0.387 e. The zero-order valence-electron chi connectivity index (χ0n) is 20.5. The number of aromatic nitrogens is 5. The Balaban J connectivity index is 1.32. The van der Waals surface area contributed by atoms with E-state index in [0.29, 0.717) is 18.7 Å². The van der Waals surface area contributed by atoms with Crippen LogP contribution < -0.4 is 15.4 Å². The Labute approximate surface area is 225 Å². The predicted molar refractivity (Wildman–Crippen MR) is 137 cm³/mol. The number of amides is 2. The maximum absolute atomic E-state index is 13.2. The van der Waals surface area contributed by atoms with E-state index in [2.05, 4.69) is 25.8 Å². The lowest BCUT2D eigenvalue weighted by molar-refractivity contribution is -0.143. The van der Waals surface area contributed by atoms with E-state index in [1.807, 2.05) is 0 Å². The zero-order valence-corrected chi connectivity index (χ0v) is 21.2. The van der Waals surface area contributed by atoms with E-state index in [1.54, 1.807) is 17.2 Å². The number of ether oxygens (including phenoxy) is 1. The third-order valence-electron chi connectivity index (χ3n) is 6.98. The number of carbonyl (C=O) groups is 2. The minimum absolute atomic E-state index is 0.101. The molecule has 2 N–H and O–H groups in total. The molecule has 3 aromatic heterocycles. The van der Waals surface area contributed by atoms with Gasteiger partial charge in [0, 0.05) is 54.2 Å². The summed E-state index contributed by atoms with van der Waals surface area (Å²) in [6, 6.07) is 5.79. The standard InChI is InChI=1S/C25H23ClF2N8O3/c26-15-2-3-19(39-24(27)28)16(8-15)21-18(32-23(38)17-9-31-36-7-1-5-30-22(17)36)10-35(33-21)11-20(37)34-13-25(14-34)4-6-29-12-25/h1-3,5,7-10,24,29H,4,6,11-14H2,(H,32,38). The topological polar surface area (TPSA) is 119 Å². The number of hydrogen-bond acceptors (Lipinski definition) is 7. The minimum Gasteiger partial charge on any atom is -0.434 e. The maximum Gasteiger partial charge on any atom is 0.387 e. The Morgan fingerprint density at radius 2 is 2.13 bits per heavy atom. The molecule has 14 heteroatoms. The minimum atomic E-state index is -3.10. The molecule has 0 unspecified atom stereocenters. The van der Waals surface area contributed by atoms with Gasteiger partial charge in [0.25, 0.3) is 5.91 Å². The SMILES string of the molecule is O=C(Nc1cn(CC(=O)N2CC3(CCNC3)C2)nc1-c1cc(Cl)ccc1OC(F)F)c1cnn2cccnc12. The number of halogens is 3. The quantitative estimate of drug-likeness (QED) is 0.359. The summed E-state index contributed by atoms with van der Waals surface area (Å²) < 4.78 is 33.9. The van der Waals surface area contributed by atoms with Crippen LogP contribution in [0.25, 0.3) is 16.9 Å². The number of nitrogens with zero attached hydrogens (tertiary/aromatic N) is 6. The van der Waals surface area contributed by atoms with E-state index in [4.69, 9.17) is 16.3 Å². The van der Waals surface area contributed by atoms with Gasteiger partial charge in [-0.05, 0) is 37.2 Å². The normalized spacial score (nSPS) is 16.2. The van der Waals surface area contributed by atoms with Crippen molar-refractivity contribution in [2.24, 2.45) is 5.41 Å². The third-order valence-corrected chi connectivity index (χ3v) is 7.22. The first-order chi connectivity index (χ1) is 18.8. The molecule has 0 atom stereocenters. The van der Waals surface area contributed by atoms with Crippen molar-refractivity contribution in [3.63, 3.8) is 0 Å². The fraction of sp³-hybridized carbons (Fsp3) is 0.320. The molecule has 2 aliphatic rings. The number of fused-ring (bicyclic) bond motifs is 1. The van der Waals surface area contributed by atoms with E-state index in [-0.39, 0.29) is 51.1 Å². The second-order valence-electron chi connectivity index (χ2n) is 9.68. The molecule has 0 bridgehead atoms. The second kappa shape index (κ2) is 9.89. The van der Waals surface area contributed by atoms with Crippen LogP contribution in [0, 0.1) is 5.41 Å². The molecule has 4 aromatic rings. The van der Waals surface area contributed by atoms with Crippen molar-refractivity contribution in [2.75, 3.05) is 31.5 Å². The Hall–Kier alpha value is -4.10. The number of hydrogen-bond donors (Lipinski definition) is 2. The Bertz CT molecular complexity index is 1560. The van der Waals surface area contributed by atoms with E-state index < -0.39 is 12.5 Å². The van der Waals surface area contributed by atoms with Gasteiger partial charge in [0.15, 0.2) is 5.65 Å². The summed E-state index contributed by atoms with van der Waals surface area (Å²) in [6.45, 7) is -0.0358. The monoisotopic (exact) mass is 556 g/mol. The highest BCUT2D eigenvalue weighted by atomic mass is 35.5. The predicted octanol–water partition coefficient (Wildman–Crippen LogP) is 2.92. The van der Waals surface area contributed by atoms with Gasteiger partial charge in [-0.1, -0.05) is 11.6 Å². The summed E-state index contributed by atoms with van der Waals surface area (Å²) in [5, 5.41) is 14.9. The number of likely N-dealkylation sites (tertiary alicyclic amines) is 1. The van der Waals surface area contributed by atoms with Crippen LogP contribution in [-0.4, -0.2) is 73.9 Å². The zero-order chi connectivity index (χ0) is 27.1. The summed E-state index contributed by atoms with van der Waals surface area (Å²) in [6.07, 6.45) is 7.05. The number of rotatable bonds is 7. The van der Waals surface area contributed by atoms with Crippen molar-refractivity contribution in [3.8, 4) is 17.0 Å². The Morgan fingerprint density at radius 1 is 1.28 bits per heavy atom. The van der Waals surface area contributed by atoms with Gasteiger partial charge >= 0.3 is 6.61 Å². The number of carbonyl (C=O) groups excluding carboxylic acids is 2. The highest BCUT2D eigenvalue weighted by Crippen LogP contribution is 2.38. The van der Waals surface area contributed by atoms with Gasteiger partial charge in [-0.3, -0.25) is 14.3 Å². The van der Waals surface area contributed by atoms with E-state index >= 15 is 0 Å². The van der Waals surface area contributed by atoms with Crippen molar-refractivity contribution in [2.45, 2.75) is 19.6 Å². The number of nitrogens with one attached hydrogen (secondary N) is 2. The van der Waals surface area contributed by atoms with Crippen LogP contribution in [0.1, 0.15) is 16.8 Å². The van der Waals surface area contributed by atoms with E-state index in [9.17, 15) is 18.4 Å². The molecule has 11 nitrogen and oxygen atoms in total. The Morgan fingerprint density at radius 3 is 2.90 bits per heavy atom. The third kappa shape index (κ3) is 4.90. The molecule has 2 saturated heterocycles. The second-order valence-corrected chi connectivity index (χ2v) is 10.1. The molecular formula is C25H23ClF2N8O3. The van der Waals surface area contributed by atoms with Crippen LogP contribution in [0.5, 0.6) is 5.75 Å². The van der Waals surface area contributed by atoms with Crippen LogP contribution in [0.4, 0.5) is 14.5 Å². The summed E-state index contributed by atoms with van der Waals surface area (Å²) in [5.41, 5.74) is 1.06. The highest BCUT2D eigenvalue weighted by molar-refractivity contribution is 6.31. The molecule has 202 valence electrons. The van der Waals surface area contributed by atoms with Gasteiger partial charge in [-0.15, -0.1) is 0 Å². The summed E-state index contributed by atoms with van der Waals surface area (Å²) in [4.78, 5) is 32.2. The van der Waals surface area contributed by atoms with Crippen LogP contribution in [0.3, 0.4) is 0 Å². The van der Waals surface area contributed by atoms with Crippen LogP contribution in [-0.2, 0) is 11.3 Å². The van der Waals surface area contributed by atoms with Crippen molar-refractivity contribution in [3.05, 3.63) is 59.6 Å². The molecule has 5 heterocycles. The van der Waals surface area contributed by atoms with Crippen molar-refractivity contribution in [1.82, 2.24) is 34.6 Å². The molecule has 0 radical (unpaired) electrons. The fourth-order valence-electron chi connectivity index (χ4n) is 5.10. The molecule has 6 rings (SSSR count). The number of anilines is 1. The molecule has 1 aromatic carbocycles. The molecular weight excluding hydrogens is 534 g/mol. The van der Waals surface area contributed by atoms with Gasteiger partial charge in [0.05, 0.1) is 11.9 Å². The fourth-order valence-corrected chi connectivity index (χ4v) is 5.27. The lowest BCUT2D eigenvalue weighted by Gasteiger charge is -2.47. The lowest BCUT2D eigenvalue weighted by atomic mass is 9.79. The first kappa shape index (κ1) is 25.2. The lowest BCUT2D eigenvalue weighted by Crippen LogP contribution is -2.60. The van der Waals surface area contributed by atoms with Crippen LogP contribution in [0.2, 0.25) is 5.02 Å². The first-order valence-corrected chi connectivity index (χ1v) is 12.6. The number of benzene rings is 1. The van der Waals surface area contributed by atoms with Gasteiger partial charge in [-0.25, -0.2) is 9.50 Å². The highest BCUT2D eigenvalue weighted by Gasteiger charge is 2.46. The Kier molecular flexibility index (Phi) is 6.39. The summed E-state index contributed by atoms with van der Waals surface area (Å²) >= 11 is 6.18. The van der Waals surface area contributed by atoms with Gasteiger partial charge in [0.1, 0.15) is 23.6 Å². The molecule has 2 amide bonds. The molecule has 0 saturated carbocycles. The molecule has 2 aliphatic heterocycles. The van der Waals surface area contributed by atoms with Gasteiger partial charge in [-0.2, -0.15) is 19.0 Å². The average molecular weight is 557 g/mol. The van der Waals surface area contributed by atoms with Crippen molar-refractivity contribution < 1.29 is 23.1 Å². The van der Waals surface area contributed by atoms with Crippen LogP contribution >= 0.6 is 11.6 Å². The average Bonchev–Trinajstić information content (AvgIpc) is 3.62. The maximum atomic E-state index is 13.2. The summed E-state index contributed by atoms with van der Waals surface area (Å²) in [7, 11) is 0. The molecule has 1 spiro atoms. The first-order valence-electron chi connectivity index (χ1n) is 12.2. The van der Waals surface area contributed by atoms with Crippen molar-refractivity contribution >= 4 is 34.7 Å².